The molecule has 2 heterocycles. The van der Waals surface area contributed by atoms with Gasteiger partial charge >= 0.3 is 6.09 Å². The molecule has 19 heavy (non-hydrogen) atoms. The van der Waals surface area contributed by atoms with Crippen molar-refractivity contribution in [3.05, 3.63) is 11.6 Å². The number of amides is 1. The number of allylic oxidation sites excluding steroid dienone is 1. The highest BCUT2D eigenvalue weighted by atomic mass is 35.5. The lowest BCUT2D eigenvalue weighted by Gasteiger charge is -2.31. The fourth-order valence-corrected chi connectivity index (χ4v) is 3.04. The van der Waals surface area contributed by atoms with E-state index in [1.807, 2.05) is 26.8 Å². The molecule has 2 bridgehead atoms. The van der Waals surface area contributed by atoms with Crippen molar-refractivity contribution in [3.8, 4) is 0 Å². The van der Waals surface area contributed by atoms with Crippen LogP contribution in [0.1, 0.15) is 46.5 Å². The molecule has 1 amide bonds. The molecule has 2 rings (SSSR count). The van der Waals surface area contributed by atoms with Gasteiger partial charge in [-0.05, 0) is 58.1 Å². The second-order valence-electron chi connectivity index (χ2n) is 6.15. The van der Waals surface area contributed by atoms with Crippen molar-refractivity contribution in [3.63, 3.8) is 0 Å². The number of carbonyl (C=O) groups is 2. The van der Waals surface area contributed by atoms with Crippen LogP contribution in [0.3, 0.4) is 0 Å². The smallest absolute Gasteiger partial charge is 0.411 e. The summed E-state index contributed by atoms with van der Waals surface area (Å²) < 4.78 is 5.45. The van der Waals surface area contributed by atoms with Gasteiger partial charge in [0.1, 0.15) is 5.60 Å². The summed E-state index contributed by atoms with van der Waals surface area (Å²) in [5.41, 5.74) is 0.0186. The van der Waals surface area contributed by atoms with E-state index in [0.717, 1.165) is 25.7 Å². The van der Waals surface area contributed by atoms with Crippen LogP contribution < -0.4 is 0 Å². The normalized spacial score (nSPS) is 26.7. The van der Waals surface area contributed by atoms with Crippen LogP contribution in [0.5, 0.6) is 0 Å². The molecular weight excluding hydrogens is 266 g/mol. The van der Waals surface area contributed by atoms with Crippen molar-refractivity contribution in [2.75, 3.05) is 0 Å². The third-order valence-electron chi connectivity index (χ3n) is 3.56. The molecule has 2 aliphatic heterocycles. The van der Waals surface area contributed by atoms with Gasteiger partial charge < -0.3 is 4.74 Å². The van der Waals surface area contributed by atoms with Crippen molar-refractivity contribution in [1.29, 1.82) is 0 Å². The van der Waals surface area contributed by atoms with E-state index in [2.05, 4.69) is 0 Å². The Morgan fingerprint density at radius 3 is 2.58 bits per heavy atom. The first-order valence-corrected chi connectivity index (χ1v) is 7.08. The first kappa shape index (κ1) is 14.4. The topological polar surface area (TPSA) is 46.6 Å². The third kappa shape index (κ3) is 3.11. The summed E-state index contributed by atoms with van der Waals surface area (Å²) in [6, 6.07) is -0.0584. The molecule has 2 atom stereocenters. The molecule has 0 saturated carbocycles. The molecule has 0 aromatic rings. The maximum absolute atomic E-state index is 12.3. The van der Waals surface area contributed by atoms with E-state index in [9.17, 15) is 9.59 Å². The van der Waals surface area contributed by atoms with Crippen LogP contribution in [-0.4, -0.2) is 33.9 Å². The molecule has 0 N–H and O–H groups in total. The summed E-state index contributed by atoms with van der Waals surface area (Å²) in [7, 11) is 0. The van der Waals surface area contributed by atoms with Crippen molar-refractivity contribution < 1.29 is 14.3 Å². The summed E-state index contributed by atoms with van der Waals surface area (Å²) in [5.74, 6) is 0. The molecule has 0 aromatic heterocycles. The number of halogens is 1. The maximum Gasteiger partial charge on any atom is 0.411 e. The average Bonchev–Trinajstić information content (AvgIpc) is 2.51. The van der Waals surface area contributed by atoms with E-state index < -0.39 is 10.8 Å². The van der Waals surface area contributed by atoms with Crippen LogP contribution in [0, 0.1) is 0 Å². The Morgan fingerprint density at radius 2 is 2.00 bits per heavy atom. The Morgan fingerprint density at radius 1 is 1.32 bits per heavy atom. The van der Waals surface area contributed by atoms with Crippen LogP contribution in [0.2, 0.25) is 0 Å². The number of nitrogens with zero attached hydrogens (tertiary/aromatic N) is 1. The lowest BCUT2D eigenvalue weighted by molar-refractivity contribution is -0.109. The number of rotatable bonds is 1. The molecule has 4 nitrogen and oxygen atoms in total. The zero-order valence-electron chi connectivity index (χ0n) is 11.6. The van der Waals surface area contributed by atoms with Gasteiger partial charge in [0.2, 0.25) is 5.24 Å². The molecular formula is C14H20ClNO3. The monoisotopic (exact) mass is 285 g/mol. The Kier molecular flexibility index (Phi) is 3.90. The molecule has 106 valence electrons. The summed E-state index contributed by atoms with van der Waals surface area (Å²) in [4.78, 5) is 25.5. The summed E-state index contributed by atoms with van der Waals surface area (Å²) in [5, 5.41) is -0.457. The van der Waals surface area contributed by atoms with Gasteiger partial charge in [-0.25, -0.2) is 4.79 Å². The fourth-order valence-electron chi connectivity index (χ4n) is 2.84. The molecule has 0 radical (unpaired) electrons. The van der Waals surface area contributed by atoms with E-state index in [0.29, 0.717) is 5.57 Å². The number of hydrogen-bond donors (Lipinski definition) is 0. The molecule has 0 spiro atoms. The van der Waals surface area contributed by atoms with E-state index in [4.69, 9.17) is 16.3 Å². The number of fused-ring (bicyclic) bond motifs is 2. The molecule has 1 saturated heterocycles. The van der Waals surface area contributed by atoms with Crippen LogP contribution >= 0.6 is 11.6 Å². The quantitative estimate of drug-likeness (QED) is 0.695. The van der Waals surface area contributed by atoms with Gasteiger partial charge in [0.15, 0.2) is 0 Å². The van der Waals surface area contributed by atoms with Crippen LogP contribution in [0.15, 0.2) is 11.6 Å². The van der Waals surface area contributed by atoms with Crippen molar-refractivity contribution >= 4 is 22.9 Å². The van der Waals surface area contributed by atoms with Gasteiger partial charge in [-0.3, -0.25) is 9.69 Å². The summed E-state index contributed by atoms with van der Waals surface area (Å²) >= 11 is 5.64. The SMILES string of the molecule is CC(C)(C)OC(=O)N1C2CCC=C(C(=O)Cl)[C@H]1CC2. The predicted molar refractivity (Wildman–Crippen MR) is 73.1 cm³/mol. The van der Waals surface area contributed by atoms with E-state index in [1.165, 1.54) is 0 Å². The number of hydrogen-bond acceptors (Lipinski definition) is 3. The van der Waals surface area contributed by atoms with Gasteiger partial charge in [-0.1, -0.05) is 6.08 Å². The number of ether oxygens (including phenoxy) is 1. The van der Waals surface area contributed by atoms with Gasteiger partial charge in [-0.2, -0.15) is 0 Å². The molecule has 2 aliphatic rings. The lowest BCUT2D eigenvalue weighted by atomic mass is 10.0. The minimum Gasteiger partial charge on any atom is -0.444 e. The predicted octanol–water partition coefficient (Wildman–Crippen LogP) is 3.24. The lowest BCUT2D eigenvalue weighted by Crippen LogP contribution is -2.44. The highest BCUT2D eigenvalue weighted by molar-refractivity contribution is 6.67. The largest absolute Gasteiger partial charge is 0.444 e. The Balaban J connectivity index is 2.23. The first-order chi connectivity index (χ1) is 8.79. The minimum absolute atomic E-state index is 0.157. The van der Waals surface area contributed by atoms with Crippen molar-refractivity contribution in [2.24, 2.45) is 0 Å². The molecule has 5 heteroatoms. The first-order valence-electron chi connectivity index (χ1n) is 6.71. The van der Waals surface area contributed by atoms with Crippen LogP contribution in [-0.2, 0) is 9.53 Å². The molecule has 1 unspecified atom stereocenters. The number of carbonyl (C=O) groups excluding carboxylic acids is 2. The van der Waals surface area contributed by atoms with Crippen molar-refractivity contribution in [2.45, 2.75) is 64.1 Å². The third-order valence-corrected chi connectivity index (χ3v) is 3.78. The van der Waals surface area contributed by atoms with E-state index in [-0.39, 0.29) is 18.2 Å². The zero-order valence-corrected chi connectivity index (χ0v) is 12.4. The zero-order chi connectivity index (χ0) is 14.2. The van der Waals surface area contributed by atoms with Gasteiger partial charge in [0.05, 0.1) is 6.04 Å². The maximum atomic E-state index is 12.3. The van der Waals surface area contributed by atoms with E-state index >= 15 is 0 Å². The van der Waals surface area contributed by atoms with E-state index in [1.54, 1.807) is 4.90 Å². The Bertz CT molecular complexity index is 425. The van der Waals surface area contributed by atoms with Crippen LogP contribution in [0.25, 0.3) is 0 Å². The molecule has 1 fully saturated rings. The molecule has 0 aromatic carbocycles. The van der Waals surface area contributed by atoms with Gasteiger partial charge in [0, 0.05) is 11.6 Å². The highest BCUT2D eigenvalue weighted by Gasteiger charge is 2.43. The Labute approximate surface area is 118 Å². The molecule has 0 aliphatic carbocycles. The summed E-state index contributed by atoms with van der Waals surface area (Å²) in [6.45, 7) is 5.52. The average molecular weight is 286 g/mol. The van der Waals surface area contributed by atoms with Gasteiger partial charge in [-0.15, -0.1) is 0 Å². The minimum atomic E-state index is -0.530. The van der Waals surface area contributed by atoms with Crippen molar-refractivity contribution in [1.82, 2.24) is 4.90 Å². The van der Waals surface area contributed by atoms with Crippen LogP contribution in [0.4, 0.5) is 4.79 Å². The highest BCUT2D eigenvalue weighted by Crippen LogP contribution is 2.36. The van der Waals surface area contributed by atoms with Gasteiger partial charge in [0.25, 0.3) is 0 Å². The Hall–Kier alpha value is -1.03. The standard InChI is InChI=1S/C14H20ClNO3/c1-14(2,3)19-13(18)16-9-5-4-6-10(12(15)17)11(16)8-7-9/h6,9,11H,4-5,7-8H2,1-3H3/t9?,11-/m1/s1. The second-order valence-corrected chi connectivity index (χ2v) is 6.49. The second kappa shape index (κ2) is 5.16. The summed E-state index contributed by atoms with van der Waals surface area (Å²) in [6.07, 6.45) is 4.87. The fraction of sp³-hybridized carbons (Fsp3) is 0.714.